The number of carbonyl (C=O) groups is 1. The maximum atomic E-state index is 11.3. The summed E-state index contributed by atoms with van der Waals surface area (Å²) < 4.78 is 4.66. The SMILES string of the molecule is COC(=O)c1ccc(CNc2ccc(C)cc2N)cc1. The Balaban J connectivity index is 2.02. The summed E-state index contributed by atoms with van der Waals surface area (Å²) in [6, 6.07) is 13.2. The van der Waals surface area contributed by atoms with Gasteiger partial charge in [-0.15, -0.1) is 0 Å². The average molecular weight is 270 g/mol. The van der Waals surface area contributed by atoms with Gasteiger partial charge < -0.3 is 15.8 Å². The Hall–Kier alpha value is -2.49. The van der Waals surface area contributed by atoms with Crippen LogP contribution in [0.1, 0.15) is 21.5 Å². The minimum Gasteiger partial charge on any atom is -0.465 e. The van der Waals surface area contributed by atoms with Crippen molar-refractivity contribution in [2.75, 3.05) is 18.2 Å². The van der Waals surface area contributed by atoms with E-state index >= 15 is 0 Å². The Bertz CT molecular complexity index is 606. The first kappa shape index (κ1) is 13.9. The molecule has 0 amide bonds. The predicted molar refractivity (Wildman–Crippen MR) is 80.7 cm³/mol. The first-order valence-corrected chi connectivity index (χ1v) is 6.37. The van der Waals surface area contributed by atoms with Crippen LogP contribution in [0.25, 0.3) is 0 Å². The normalized spacial score (nSPS) is 10.1. The number of ether oxygens (including phenoxy) is 1. The van der Waals surface area contributed by atoms with Gasteiger partial charge in [-0.3, -0.25) is 0 Å². The van der Waals surface area contributed by atoms with Crippen molar-refractivity contribution in [1.82, 2.24) is 0 Å². The quantitative estimate of drug-likeness (QED) is 0.662. The number of benzene rings is 2. The molecule has 0 fully saturated rings. The van der Waals surface area contributed by atoms with Crippen molar-refractivity contribution in [3.8, 4) is 0 Å². The molecule has 0 saturated heterocycles. The van der Waals surface area contributed by atoms with Crippen LogP contribution in [0, 0.1) is 6.92 Å². The Morgan fingerprint density at radius 1 is 1.20 bits per heavy atom. The van der Waals surface area contributed by atoms with Crippen molar-refractivity contribution in [3.63, 3.8) is 0 Å². The summed E-state index contributed by atoms with van der Waals surface area (Å²) in [6.07, 6.45) is 0. The van der Waals surface area contributed by atoms with Gasteiger partial charge in [0.15, 0.2) is 0 Å². The topological polar surface area (TPSA) is 64.3 Å². The molecule has 2 aromatic carbocycles. The highest BCUT2D eigenvalue weighted by Gasteiger charge is 2.04. The molecule has 0 aliphatic rings. The molecule has 0 radical (unpaired) electrons. The molecular weight excluding hydrogens is 252 g/mol. The van der Waals surface area contributed by atoms with Crippen molar-refractivity contribution in [2.24, 2.45) is 0 Å². The molecule has 0 unspecified atom stereocenters. The Kier molecular flexibility index (Phi) is 4.25. The molecule has 3 N–H and O–H groups in total. The van der Waals surface area contributed by atoms with Crippen LogP contribution in [0.4, 0.5) is 11.4 Å². The minimum absolute atomic E-state index is 0.327. The predicted octanol–water partition coefficient (Wildman–Crippen LogP) is 2.98. The molecule has 0 aliphatic carbocycles. The monoisotopic (exact) mass is 270 g/mol. The highest BCUT2D eigenvalue weighted by atomic mass is 16.5. The molecule has 2 rings (SSSR count). The third-order valence-electron chi connectivity index (χ3n) is 3.07. The van der Waals surface area contributed by atoms with Crippen molar-refractivity contribution in [3.05, 3.63) is 59.2 Å². The lowest BCUT2D eigenvalue weighted by Crippen LogP contribution is -2.04. The van der Waals surface area contributed by atoms with E-state index in [4.69, 9.17) is 5.73 Å². The summed E-state index contributed by atoms with van der Waals surface area (Å²) in [7, 11) is 1.37. The maximum Gasteiger partial charge on any atom is 0.337 e. The highest BCUT2D eigenvalue weighted by molar-refractivity contribution is 5.89. The van der Waals surface area contributed by atoms with Crippen LogP contribution in [0.15, 0.2) is 42.5 Å². The summed E-state index contributed by atoms with van der Waals surface area (Å²) in [4.78, 5) is 11.3. The van der Waals surface area contributed by atoms with Gasteiger partial charge in [0.25, 0.3) is 0 Å². The Morgan fingerprint density at radius 2 is 1.90 bits per heavy atom. The van der Waals surface area contributed by atoms with E-state index in [0.29, 0.717) is 12.1 Å². The number of aryl methyl sites for hydroxylation is 1. The second-order valence-corrected chi connectivity index (χ2v) is 4.63. The van der Waals surface area contributed by atoms with Crippen molar-refractivity contribution in [1.29, 1.82) is 0 Å². The van der Waals surface area contributed by atoms with Crippen LogP contribution in [0.3, 0.4) is 0 Å². The summed E-state index contributed by atoms with van der Waals surface area (Å²) in [5.74, 6) is -0.327. The second kappa shape index (κ2) is 6.10. The molecule has 20 heavy (non-hydrogen) atoms. The number of carbonyl (C=O) groups excluding carboxylic acids is 1. The smallest absolute Gasteiger partial charge is 0.337 e. The molecule has 0 atom stereocenters. The largest absolute Gasteiger partial charge is 0.465 e. The van der Waals surface area contributed by atoms with Crippen molar-refractivity contribution in [2.45, 2.75) is 13.5 Å². The van der Waals surface area contributed by atoms with E-state index in [-0.39, 0.29) is 5.97 Å². The van der Waals surface area contributed by atoms with Gasteiger partial charge in [0.05, 0.1) is 24.0 Å². The van der Waals surface area contributed by atoms with E-state index in [0.717, 1.165) is 22.5 Å². The van der Waals surface area contributed by atoms with E-state index in [1.54, 1.807) is 12.1 Å². The van der Waals surface area contributed by atoms with Crippen LogP contribution in [-0.4, -0.2) is 13.1 Å². The zero-order valence-electron chi connectivity index (χ0n) is 11.6. The number of rotatable bonds is 4. The van der Waals surface area contributed by atoms with Crippen LogP contribution < -0.4 is 11.1 Å². The number of esters is 1. The van der Waals surface area contributed by atoms with Crippen LogP contribution in [0.5, 0.6) is 0 Å². The molecule has 4 nitrogen and oxygen atoms in total. The number of hydrogen-bond acceptors (Lipinski definition) is 4. The molecule has 4 heteroatoms. The van der Waals surface area contributed by atoms with Gasteiger partial charge in [-0.2, -0.15) is 0 Å². The van der Waals surface area contributed by atoms with Gasteiger partial charge in [0.1, 0.15) is 0 Å². The third-order valence-corrected chi connectivity index (χ3v) is 3.07. The van der Waals surface area contributed by atoms with E-state index in [9.17, 15) is 4.79 Å². The number of anilines is 2. The molecule has 0 spiro atoms. The molecular formula is C16H18N2O2. The second-order valence-electron chi connectivity index (χ2n) is 4.63. The molecule has 0 heterocycles. The van der Waals surface area contributed by atoms with Gasteiger partial charge in [-0.05, 0) is 42.3 Å². The summed E-state index contributed by atoms with van der Waals surface area (Å²) in [6.45, 7) is 2.65. The fraction of sp³-hybridized carbons (Fsp3) is 0.188. The first-order valence-electron chi connectivity index (χ1n) is 6.37. The molecule has 0 aliphatic heterocycles. The van der Waals surface area contributed by atoms with Gasteiger partial charge in [0, 0.05) is 6.54 Å². The van der Waals surface area contributed by atoms with Gasteiger partial charge >= 0.3 is 5.97 Å². The molecule has 104 valence electrons. The molecule has 0 aromatic heterocycles. The van der Waals surface area contributed by atoms with E-state index in [1.807, 2.05) is 37.3 Å². The van der Waals surface area contributed by atoms with Gasteiger partial charge in [0.2, 0.25) is 0 Å². The lowest BCUT2D eigenvalue weighted by molar-refractivity contribution is 0.0600. The summed E-state index contributed by atoms with van der Waals surface area (Å²) in [5, 5.41) is 3.28. The van der Waals surface area contributed by atoms with Crippen LogP contribution in [-0.2, 0) is 11.3 Å². The number of nitrogens with one attached hydrogen (secondary N) is 1. The first-order chi connectivity index (χ1) is 9.60. The van der Waals surface area contributed by atoms with Crippen LogP contribution in [0.2, 0.25) is 0 Å². The summed E-state index contributed by atoms with van der Waals surface area (Å²) in [5.41, 5.74) is 10.3. The van der Waals surface area contributed by atoms with Gasteiger partial charge in [-0.1, -0.05) is 18.2 Å². The highest BCUT2D eigenvalue weighted by Crippen LogP contribution is 2.20. The fourth-order valence-electron chi connectivity index (χ4n) is 1.92. The Labute approximate surface area is 118 Å². The van der Waals surface area contributed by atoms with E-state index in [2.05, 4.69) is 10.1 Å². The summed E-state index contributed by atoms with van der Waals surface area (Å²) >= 11 is 0. The number of nitrogens with two attached hydrogens (primary N) is 1. The zero-order valence-corrected chi connectivity index (χ0v) is 11.6. The lowest BCUT2D eigenvalue weighted by Gasteiger charge is -2.10. The number of hydrogen-bond donors (Lipinski definition) is 2. The maximum absolute atomic E-state index is 11.3. The van der Waals surface area contributed by atoms with Crippen molar-refractivity contribution < 1.29 is 9.53 Å². The van der Waals surface area contributed by atoms with Crippen molar-refractivity contribution >= 4 is 17.3 Å². The number of methoxy groups -OCH3 is 1. The standard InChI is InChI=1S/C16H18N2O2/c1-11-3-8-15(14(17)9-11)18-10-12-4-6-13(7-5-12)16(19)20-2/h3-9,18H,10,17H2,1-2H3. The average Bonchev–Trinajstić information content (AvgIpc) is 2.46. The minimum atomic E-state index is -0.327. The fourth-order valence-corrected chi connectivity index (χ4v) is 1.92. The molecule has 2 aromatic rings. The Morgan fingerprint density at radius 3 is 2.50 bits per heavy atom. The lowest BCUT2D eigenvalue weighted by atomic mass is 10.1. The molecule has 0 bridgehead atoms. The van der Waals surface area contributed by atoms with Crippen LogP contribution >= 0.6 is 0 Å². The zero-order chi connectivity index (χ0) is 14.5. The third kappa shape index (κ3) is 3.29. The van der Waals surface area contributed by atoms with E-state index in [1.165, 1.54) is 7.11 Å². The molecule has 0 saturated carbocycles. The van der Waals surface area contributed by atoms with Gasteiger partial charge in [-0.25, -0.2) is 4.79 Å². The van der Waals surface area contributed by atoms with E-state index < -0.39 is 0 Å². The number of nitrogen functional groups attached to an aromatic ring is 1.